The maximum atomic E-state index is 5.18. The molecule has 6 heteroatoms. The van der Waals surface area contributed by atoms with E-state index >= 15 is 0 Å². The van der Waals surface area contributed by atoms with E-state index in [2.05, 4.69) is 32.5 Å². The predicted molar refractivity (Wildman–Crippen MR) is 80.4 cm³/mol. The fourth-order valence-corrected chi connectivity index (χ4v) is 4.50. The summed E-state index contributed by atoms with van der Waals surface area (Å²) in [5, 5.41) is 6.73. The average Bonchev–Trinajstić information content (AvgIpc) is 2.89. The molecule has 3 fully saturated rings. The van der Waals surface area contributed by atoms with Crippen molar-refractivity contribution in [1.82, 2.24) is 15.0 Å². The van der Waals surface area contributed by atoms with Crippen molar-refractivity contribution >= 4 is 11.9 Å². The van der Waals surface area contributed by atoms with Gasteiger partial charge in [0.15, 0.2) is 0 Å². The Morgan fingerprint density at radius 1 is 1.10 bits per heavy atom. The normalized spacial score (nSPS) is 35.4. The van der Waals surface area contributed by atoms with Crippen LogP contribution in [0.5, 0.6) is 6.01 Å². The number of hydrogen-bond donors (Lipinski definition) is 2. The van der Waals surface area contributed by atoms with Gasteiger partial charge in [-0.15, -0.1) is 0 Å². The quantitative estimate of drug-likeness (QED) is 0.836. The highest BCUT2D eigenvalue weighted by atomic mass is 16.5. The lowest BCUT2D eigenvalue weighted by Gasteiger charge is -2.12. The lowest BCUT2D eigenvalue weighted by atomic mass is 10.0. The summed E-state index contributed by atoms with van der Waals surface area (Å²) in [4.78, 5) is 13.1. The van der Waals surface area contributed by atoms with Gasteiger partial charge in [0, 0.05) is 12.6 Å². The van der Waals surface area contributed by atoms with Crippen molar-refractivity contribution in [3.8, 4) is 6.01 Å². The molecule has 3 aliphatic carbocycles. The summed E-state index contributed by atoms with van der Waals surface area (Å²) in [6.45, 7) is 2.97. The number of nitrogens with one attached hydrogen (secondary N) is 2. The molecule has 4 unspecified atom stereocenters. The van der Waals surface area contributed by atoms with Gasteiger partial charge in [0.2, 0.25) is 11.9 Å². The average molecular weight is 289 g/mol. The minimum absolute atomic E-state index is 0.375. The molecule has 1 aromatic heterocycles. The number of rotatable bonds is 6. The third-order valence-electron chi connectivity index (χ3n) is 5.36. The van der Waals surface area contributed by atoms with E-state index in [4.69, 9.17) is 4.74 Å². The van der Waals surface area contributed by atoms with Gasteiger partial charge in [0.25, 0.3) is 0 Å². The molecule has 2 bridgehead atoms. The Kier molecular flexibility index (Phi) is 3.12. The van der Waals surface area contributed by atoms with Crippen molar-refractivity contribution in [1.29, 1.82) is 0 Å². The molecule has 0 aliphatic heterocycles. The summed E-state index contributed by atoms with van der Waals surface area (Å²) in [5.74, 6) is 4.86. The molecule has 1 heterocycles. The summed E-state index contributed by atoms with van der Waals surface area (Å²) in [5.41, 5.74) is 0. The van der Waals surface area contributed by atoms with Crippen molar-refractivity contribution in [2.45, 2.75) is 38.6 Å². The smallest absolute Gasteiger partial charge is 0.322 e. The van der Waals surface area contributed by atoms with Crippen LogP contribution in [0.15, 0.2) is 0 Å². The zero-order valence-electron chi connectivity index (χ0n) is 12.7. The first kappa shape index (κ1) is 13.1. The first-order chi connectivity index (χ1) is 10.3. The van der Waals surface area contributed by atoms with Gasteiger partial charge in [0.05, 0.1) is 7.11 Å². The van der Waals surface area contributed by atoms with Crippen LogP contribution in [0, 0.1) is 23.7 Å². The standard InChI is InChI=1S/C15H23N5O/c1-3-6-16-13-18-14(20-15(19-13)21-2)17-12-10-8-4-5-9(7-8)11(10)12/h8-12H,3-7H2,1-2H3,(H2,16,17,18,19,20). The number of fused-ring (bicyclic) bond motifs is 5. The van der Waals surface area contributed by atoms with Crippen molar-refractivity contribution in [2.24, 2.45) is 23.7 Å². The molecule has 3 saturated carbocycles. The van der Waals surface area contributed by atoms with E-state index in [1.807, 2.05) is 0 Å². The molecule has 2 N–H and O–H groups in total. The Balaban J connectivity index is 1.47. The van der Waals surface area contributed by atoms with Crippen molar-refractivity contribution < 1.29 is 4.74 Å². The van der Waals surface area contributed by atoms with Crippen LogP contribution in [-0.4, -0.2) is 34.6 Å². The van der Waals surface area contributed by atoms with E-state index in [-0.39, 0.29) is 0 Å². The van der Waals surface area contributed by atoms with Gasteiger partial charge in [-0.25, -0.2) is 0 Å². The molecule has 3 aliphatic rings. The molecule has 0 spiro atoms. The zero-order chi connectivity index (χ0) is 14.4. The van der Waals surface area contributed by atoms with Gasteiger partial charge in [-0.2, -0.15) is 15.0 Å². The summed E-state index contributed by atoms with van der Waals surface area (Å²) in [6.07, 6.45) is 5.34. The number of nitrogens with zero attached hydrogens (tertiary/aromatic N) is 3. The van der Waals surface area contributed by atoms with E-state index < -0.39 is 0 Å². The highest BCUT2D eigenvalue weighted by Crippen LogP contribution is 2.66. The van der Waals surface area contributed by atoms with Crippen LogP contribution in [0.25, 0.3) is 0 Å². The second-order valence-electron chi connectivity index (χ2n) is 6.55. The van der Waals surface area contributed by atoms with Crippen molar-refractivity contribution in [2.75, 3.05) is 24.3 Å². The van der Waals surface area contributed by atoms with Gasteiger partial charge in [-0.05, 0) is 49.4 Å². The molecule has 0 amide bonds. The topological polar surface area (TPSA) is 72.0 Å². The maximum absolute atomic E-state index is 5.18. The molecule has 21 heavy (non-hydrogen) atoms. The summed E-state index contributed by atoms with van der Waals surface area (Å²) < 4.78 is 5.18. The predicted octanol–water partition coefficient (Wildman–Crippen LogP) is 2.16. The van der Waals surface area contributed by atoms with Gasteiger partial charge >= 0.3 is 6.01 Å². The van der Waals surface area contributed by atoms with Gasteiger partial charge in [0.1, 0.15) is 0 Å². The molecule has 4 rings (SSSR count). The molecule has 1 aromatic rings. The fourth-order valence-electron chi connectivity index (χ4n) is 4.50. The molecule has 0 aromatic carbocycles. The van der Waals surface area contributed by atoms with Crippen LogP contribution in [-0.2, 0) is 0 Å². The highest BCUT2D eigenvalue weighted by Gasteiger charge is 2.65. The van der Waals surface area contributed by atoms with E-state index in [9.17, 15) is 0 Å². The molecule has 0 radical (unpaired) electrons. The van der Waals surface area contributed by atoms with Crippen LogP contribution in [0.4, 0.5) is 11.9 Å². The van der Waals surface area contributed by atoms with Gasteiger partial charge < -0.3 is 15.4 Å². The Morgan fingerprint density at radius 3 is 2.48 bits per heavy atom. The summed E-state index contributed by atoms with van der Waals surface area (Å²) in [6, 6.07) is 0.947. The summed E-state index contributed by atoms with van der Waals surface area (Å²) >= 11 is 0. The molecule has 114 valence electrons. The first-order valence-corrected chi connectivity index (χ1v) is 8.10. The van der Waals surface area contributed by atoms with Crippen LogP contribution in [0.2, 0.25) is 0 Å². The number of hydrogen-bond acceptors (Lipinski definition) is 6. The molecule has 6 nitrogen and oxygen atoms in total. The van der Waals surface area contributed by atoms with E-state index in [1.54, 1.807) is 7.11 Å². The Hall–Kier alpha value is -1.59. The maximum Gasteiger partial charge on any atom is 0.322 e. The minimum Gasteiger partial charge on any atom is -0.467 e. The third kappa shape index (κ3) is 2.21. The number of anilines is 2. The van der Waals surface area contributed by atoms with Gasteiger partial charge in [-0.3, -0.25) is 0 Å². The monoisotopic (exact) mass is 289 g/mol. The van der Waals surface area contributed by atoms with Crippen molar-refractivity contribution in [3.05, 3.63) is 0 Å². The molecule has 0 saturated heterocycles. The zero-order valence-corrected chi connectivity index (χ0v) is 12.7. The highest BCUT2D eigenvalue weighted by molar-refractivity contribution is 5.40. The SMILES string of the molecule is CCCNc1nc(NC2C3C4CCC(C4)C23)nc(OC)n1. The molecular formula is C15H23N5O. The van der Waals surface area contributed by atoms with E-state index in [0.29, 0.717) is 23.9 Å². The molecule has 4 atom stereocenters. The number of ether oxygens (including phenoxy) is 1. The summed E-state index contributed by atoms with van der Waals surface area (Å²) in [7, 11) is 1.59. The lowest BCUT2D eigenvalue weighted by Crippen LogP contribution is -2.16. The number of aromatic nitrogens is 3. The molecular weight excluding hydrogens is 266 g/mol. The Labute approximate surface area is 125 Å². The van der Waals surface area contributed by atoms with Crippen molar-refractivity contribution in [3.63, 3.8) is 0 Å². The fraction of sp³-hybridized carbons (Fsp3) is 0.800. The minimum atomic E-state index is 0.375. The van der Waals surface area contributed by atoms with Crippen LogP contribution < -0.4 is 15.4 Å². The Bertz CT molecular complexity index is 521. The largest absolute Gasteiger partial charge is 0.467 e. The second kappa shape index (κ2) is 5.00. The van der Waals surface area contributed by atoms with E-state index in [1.165, 1.54) is 19.3 Å². The first-order valence-electron chi connectivity index (χ1n) is 8.10. The lowest BCUT2D eigenvalue weighted by molar-refractivity contribution is 0.379. The van der Waals surface area contributed by atoms with E-state index in [0.717, 1.165) is 36.6 Å². The third-order valence-corrected chi connectivity index (χ3v) is 5.36. The number of methoxy groups -OCH3 is 1. The van der Waals surface area contributed by atoms with Gasteiger partial charge in [-0.1, -0.05) is 6.92 Å². The second-order valence-corrected chi connectivity index (χ2v) is 6.55. The van der Waals surface area contributed by atoms with Crippen LogP contribution >= 0.6 is 0 Å². The Morgan fingerprint density at radius 2 is 1.81 bits per heavy atom. The van der Waals surface area contributed by atoms with Crippen LogP contribution in [0.1, 0.15) is 32.6 Å². The van der Waals surface area contributed by atoms with Crippen LogP contribution in [0.3, 0.4) is 0 Å².